The van der Waals surface area contributed by atoms with Gasteiger partial charge in [-0.15, -0.1) is 11.3 Å². The van der Waals surface area contributed by atoms with Gasteiger partial charge in [-0.3, -0.25) is 29.7 Å². The lowest BCUT2D eigenvalue weighted by atomic mass is 10.0. The van der Waals surface area contributed by atoms with Gasteiger partial charge >= 0.3 is 6.09 Å². The van der Waals surface area contributed by atoms with E-state index in [-0.39, 0.29) is 23.5 Å². The van der Waals surface area contributed by atoms with E-state index in [0.29, 0.717) is 32.4 Å². The topological polar surface area (TPSA) is 130 Å². The van der Waals surface area contributed by atoms with Gasteiger partial charge in [0.25, 0.3) is 11.8 Å². The van der Waals surface area contributed by atoms with Gasteiger partial charge in [-0.1, -0.05) is 81.4 Å². The van der Waals surface area contributed by atoms with Crippen molar-refractivity contribution in [1.29, 1.82) is 0 Å². The molecule has 1 aromatic heterocycles. The summed E-state index contributed by atoms with van der Waals surface area (Å²) in [6.07, 6.45) is 1.65. The Morgan fingerprint density at radius 1 is 0.977 bits per heavy atom. The van der Waals surface area contributed by atoms with Gasteiger partial charge in [0.05, 0.1) is 12.2 Å². The summed E-state index contributed by atoms with van der Waals surface area (Å²) in [6.45, 7) is 6.68. The van der Waals surface area contributed by atoms with Gasteiger partial charge < -0.3 is 10.1 Å². The third kappa shape index (κ3) is 11.8. The van der Waals surface area contributed by atoms with Crippen molar-refractivity contribution < 1.29 is 28.8 Å². The van der Waals surface area contributed by atoms with Gasteiger partial charge in [0.15, 0.2) is 5.01 Å². The highest BCUT2D eigenvalue weighted by Crippen LogP contribution is 2.16. The van der Waals surface area contributed by atoms with Crippen LogP contribution in [-0.2, 0) is 38.8 Å². The van der Waals surface area contributed by atoms with Crippen molar-refractivity contribution in [2.75, 3.05) is 13.6 Å². The van der Waals surface area contributed by atoms with Gasteiger partial charge in [-0.05, 0) is 42.2 Å². The summed E-state index contributed by atoms with van der Waals surface area (Å²) in [5, 5.41) is 7.01. The molecule has 44 heavy (non-hydrogen) atoms. The number of amides is 4. The molecule has 0 saturated heterocycles. The summed E-state index contributed by atoms with van der Waals surface area (Å²) in [5.41, 5.74) is 5.10. The lowest BCUT2D eigenvalue weighted by Gasteiger charge is -2.25. The fourth-order valence-electron chi connectivity index (χ4n) is 4.27. The molecule has 3 aromatic rings. The average Bonchev–Trinajstić information content (AvgIpc) is 3.50. The number of benzene rings is 2. The fourth-order valence-corrected chi connectivity index (χ4v) is 5.01. The number of nitrogens with one attached hydrogen (secondary N) is 2. The van der Waals surface area contributed by atoms with Crippen LogP contribution in [-0.4, -0.2) is 59.0 Å². The Kier molecular flexibility index (Phi) is 13.8. The zero-order valence-corrected chi connectivity index (χ0v) is 26.4. The molecule has 4 amide bonds. The Morgan fingerprint density at radius 2 is 1.61 bits per heavy atom. The number of aryl methyl sites for hydroxylation is 1. The minimum Gasteiger partial charge on any atom is -0.445 e. The number of ether oxygens (including phenoxy) is 1. The summed E-state index contributed by atoms with van der Waals surface area (Å²) < 4.78 is 5.28. The molecule has 0 aliphatic carbocycles. The number of likely N-dealkylation sites (N-methyl/N-ethyl adjacent to an activating group) is 1. The number of hydrazine groups is 1. The summed E-state index contributed by atoms with van der Waals surface area (Å²) in [7, 11) is 1.43. The summed E-state index contributed by atoms with van der Waals surface area (Å²) in [6, 6.07) is 18.0. The Hall–Kier alpha value is -4.29. The first-order valence-corrected chi connectivity index (χ1v) is 15.4. The number of hydrogen-bond acceptors (Lipinski definition) is 8. The van der Waals surface area contributed by atoms with Gasteiger partial charge in [-0.25, -0.2) is 14.8 Å². The van der Waals surface area contributed by atoms with E-state index in [1.807, 2.05) is 81.4 Å². The Balaban J connectivity index is 1.46. The Bertz CT molecular complexity index is 1340. The minimum atomic E-state index is -0.889. The third-order valence-electron chi connectivity index (χ3n) is 6.60. The minimum absolute atomic E-state index is 0.0738. The van der Waals surface area contributed by atoms with E-state index >= 15 is 0 Å². The molecule has 1 unspecified atom stereocenters. The molecule has 0 aliphatic rings. The van der Waals surface area contributed by atoms with Crippen LogP contribution < -0.4 is 10.7 Å². The smallest absolute Gasteiger partial charge is 0.408 e. The summed E-state index contributed by atoms with van der Waals surface area (Å²) in [4.78, 5) is 60.0. The number of hydroxylamine groups is 2. The molecule has 236 valence electrons. The van der Waals surface area contributed by atoms with Crippen LogP contribution in [0.3, 0.4) is 0 Å². The van der Waals surface area contributed by atoms with E-state index in [1.54, 1.807) is 5.38 Å². The molecule has 0 spiro atoms. The second kappa shape index (κ2) is 17.7. The molecule has 2 N–H and O–H groups in total. The van der Waals surface area contributed by atoms with Crippen molar-refractivity contribution in [1.82, 2.24) is 25.8 Å². The van der Waals surface area contributed by atoms with Crippen LogP contribution in [0.25, 0.3) is 0 Å². The molecule has 3 rings (SSSR count). The van der Waals surface area contributed by atoms with Crippen LogP contribution in [0.1, 0.15) is 60.2 Å². The highest BCUT2D eigenvalue weighted by atomic mass is 32.1. The monoisotopic (exact) mass is 623 g/mol. The largest absolute Gasteiger partial charge is 0.445 e. The summed E-state index contributed by atoms with van der Waals surface area (Å²) in [5.74, 6) is -0.783. The predicted molar refractivity (Wildman–Crippen MR) is 167 cm³/mol. The molecule has 0 bridgehead atoms. The van der Waals surface area contributed by atoms with Crippen LogP contribution in [0.2, 0.25) is 0 Å². The first-order valence-electron chi connectivity index (χ1n) is 14.5. The lowest BCUT2D eigenvalue weighted by molar-refractivity contribution is -0.180. The SMILES string of the molecule is CC(C)C[C@H](NC(=O)OCc1ccccc1)C(=O)N(C)NC(=O)c1nc(CCC(C)CN(C=O)OCc2ccccc2)cs1. The first kappa shape index (κ1) is 34.2. The molecule has 0 radical (unpaired) electrons. The maximum absolute atomic E-state index is 13.2. The van der Waals surface area contributed by atoms with Gasteiger partial charge in [0.2, 0.25) is 6.41 Å². The van der Waals surface area contributed by atoms with Crippen LogP contribution in [0, 0.1) is 11.8 Å². The third-order valence-corrected chi connectivity index (χ3v) is 7.49. The highest BCUT2D eigenvalue weighted by molar-refractivity contribution is 7.11. The van der Waals surface area contributed by atoms with Crippen LogP contribution in [0.15, 0.2) is 66.0 Å². The van der Waals surface area contributed by atoms with E-state index in [0.717, 1.165) is 28.3 Å². The van der Waals surface area contributed by atoms with Crippen LogP contribution in [0.4, 0.5) is 4.79 Å². The van der Waals surface area contributed by atoms with Crippen molar-refractivity contribution in [2.45, 2.75) is 59.3 Å². The van der Waals surface area contributed by atoms with E-state index in [4.69, 9.17) is 9.57 Å². The van der Waals surface area contributed by atoms with Gasteiger partial charge in [0, 0.05) is 12.4 Å². The first-order chi connectivity index (χ1) is 21.1. The number of aromatic nitrogens is 1. The van der Waals surface area contributed by atoms with Gasteiger partial charge in [-0.2, -0.15) is 0 Å². The highest BCUT2D eigenvalue weighted by Gasteiger charge is 2.27. The van der Waals surface area contributed by atoms with E-state index in [2.05, 4.69) is 15.7 Å². The van der Waals surface area contributed by atoms with Crippen molar-refractivity contribution >= 4 is 35.7 Å². The molecule has 12 heteroatoms. The maximum Gasteiger partial charge on any atom is 0.408 e. The Morgan fingerprint density at radius 3 is 2.23 bits per heavy atom. The predicted octanol–water partition coefficient (Wildman–Crippen LogP) is 4.75. The number of hydrogen-bond donors (Lipinski definition) is 2. The van der Waals surface area contributed by atoms with Crippen molar-refractivity contribution in [3.8, 4) is 0 Å². The summed E-state index contributed by atoms with van der Waals surface area (Å²) >= 11 is 1.18. The molecule has 0 fully saturated rings. The number of alkyl carbamates (subject to hydrolysis) is 1. The van der Waals surface area contributed by atoms with Crippen LogP contribution >= 0.6 is 11.3 Å². The fraction of sp³-hybridized carbons (Fsp3) is 0.406. The number of carbonyl (C=O) groups is 4. The standard InChI is InChI=1S/C32H41N5O6S/c1-23(2)17-28(34-32(41)42-19-25-11-7-5-8-12-25)31(40)36(4)35-29(39)30-33-27(21-44-30)16-15-24(3)18-37(22-38)43-20-26-13-9-6-10-14-26/h5-14,21-24,28H,15-20H2,1-4H3,(H,34,41)(H,35,39)/t24?,28-/m0/s1. The Labute approximate surface area is 262 Å². The molecule has 0 saturated carbocycles. The van der Waals surface area contributed by atoms with Crippen molar-refractivity contribution in [3.63, 3.8) is 0 Å². The van der Waals surface area contributed by atoms with Crippen molar-refractivity contribution in [2.24, 2.45) is 11.8 Å². The molecule has 11 nitrogen and oxygen atoms in total. The number of rotatable bonds is 16. The normalized spacial score (nSPS) is 12.2. The number of thiazole rings is 1. The van der Waals surface area contributed by atoms with E-state index < -0.39 is 23.9 Å². The van der Waals surface area contributed by atoms with Crippen molar-refractivity contribution in [3.05, 3.63) is 87.9 Å². The van der Waals surface area contributed by atoms with E-state index in [1.165, 1.54) is 23.4 Å². The molecule has 0 aliphatic heterocycles. The second-order valence-corrected chi connectivity index (χ2v) is 11.8. The molecule has 2 aromatic carbocycles. The van der Waals surface area contributed by atoms with E-state index in [9.17, 15) is 19.2 Å². The number of nitrogens with zero attached hydrogens (tertiary/aromatic N) is 3. The molecule has 2 atom stereocenters. The zero-order valence-electron chi connectivity index (χ0n) is 25.6. The number of carbonyl (C=O) groups excluding carboxylic acids is 4. The molecular formula is C32H41N5O6S. The average molecular weight is 624 g/mol. The zero-order chi connectivity index (χ0) is 31.9. The quantitative estimate of drug-likeness (QED) is 0.174. The van der Waals surface area contributed by atoms with Gasteiger partial charge in [0.1, 0.15) is 19.3 Å². The lowest BCUT2D eigenvalue weighted by Crippen LogP contribution is -2.53. The molecular weight excluding hydrogens is 582 g/mol. The molecule has 1 heterocycles. The second-order valence-electron chi connectivity index (χ2n) is 11.0. The maximum atomic E-state index is 13.2. The van der Waals surface area contributed by atoms with Crippen LogP contribution in [0.5, 0.6) is 0 Å².